The number of benzene rings is 3. The molecular weight excluding hydrogens is 428 g/mol. The molecule has 0 saturated carbocycles. The van der Waals surface area contributed by atoms with Crippen molar-refractivity contribution in [1.29, 1.82) is 0 Å². The van der Waals surface area contributed by atoms with E-state index < -0.39 is 5.97 Å². The van der Waals surface area contributed by atoms with Gasteiger partial charge in [-0.3, -0.25) is 4.79 Å². The highest BCUT2D eigenvalue weighted by Crippen LogP contribution is 2.38. The number of carboxylic acid groups (broad SMARTS) is 1. The van der Waals surface area contributed by atoms with Crippen LogP contribution in [0, 0.1) is 6.92 Å². The maximum atomic E-state index is 13.2. The van der Waals surface area contributed by atoms with Crippen LogP contribution < -0.4 is 15.6 Å². The first-order valence-electron chi connectivity index (χ1n) is 11.3. The lowest BCUT2D eigenvalue weighted by atomic mass is 10.0. The number of carboxylic acids is 1. The van der Waals surface area contributed by atoms with E-state index in [0.29, 0.717) is 29.1 Å². The molecule has 6 heteroatoms. The van der Waals surface area contributed by atoms with E-state index in [1.807, 2.05) is 38.1 Å². The monoisotopic (exact) mass is 454 g/mol. The lowest BCUT2D eigenvalue weighted by Crippen LogP contribution is -2.21. The second-order valence-corrected chi connectivity index (χ2v) is 8.90. The Labute approximate surface area is 197 Å². The largest absolute Gasteiger partial charge is 0.478 e. The third-order valence-electron chi connectivity index (χ3n) is 6.58. The second kappa shape index (κ2) is 8.37. The maximum absolute atomic E-state index is 13.2. The SMILES string of the molecule is Cc1cc(C(C)Nc2ccccc2C(=O)O)c2oc(N3Cc4ccccc4[C@@H]3C)cc(=O)c2c1. The lowest BCUT2D eigenvalue weighted by Gasteiger charge is -2.24. The Morgan fingerprint density at radius 3 is 2.62 bits per heavy atom. The minimum Gasteiger partial charge on any atom is -0.478 e. The first-order chi connectivity index (χ1) is 16.3. The molecular formula is C28H26N2O4. The van der Waals surface area contributed by atoms with Crippen LogP contribution in [0.15, 0.2) is 75.9 Å². The van der Waals surface area contributed by atoms with Gasteiger partial charge in [-0.25, -0.2) is 4.79 Å². The molecule has 5 rings (SSSR count). The third-order valence-corrected chi connectivity index (χ3v) is 6.58. The average Bonchev–Trinajstić information content (AvgIpc) is 3.16. The van der Waals surface area contributed by atoms with E-state index in [1.54, 1.807) is 30.3 Å². The molecule has 1 aliphatic rings. The summed E-state index contributed by atoms with van der Waals surface area (Å²) >= 11 is 0. The minimum atomic E-state index is -0.999. The number of nitrogens with zero attached hydrogens (tertiary/aromatic N) is 1. The van der Waals surface area contributed by atoms with Crippen molar-refractivity contribution < 1.29 is 14.3 Å². The fourth-order valence-corrected chi connectivity index (χ4v) is 4.83. The molecule has 2 N–H and O–H groups in total. The van der Waals surface area contributed by atoms with Crippen molar-refractivity contribution in [2.24, 2.45) is 0 Å². The molecule has 172 valence electrons. The van der Waals surface area contributed by atoms with E-state index in [9.17, 15) is 14.7 Å². The summed E-state index contributed by atoms with van der Waals surface area (Å²) in [7, 11) is 0. The van der Waals surface area contributed by atoms with Gasteiger partial charge in [-0.15, -0.1) is 0 Å². The highest BCUT2D eigenvalue weighted by atomic mass is 16.4. The normalized spacial score (nSPS) is 15.9. The van der Waals surface area contributed by atoms with Crippen molar-refractivity contribution in [3.63, 3.8) is 0 Å². The van der Waals surface area contributed by atoms with Crippen LogP contribution in [-0.4, -0.2) is 11.1 Å². The average molecular weight is 455 g/mol. The van der Waals surface area contributed by atoms with Gasteiger partial charge in [0.2, 0.25) is 5.88 Å². The lowest BCUT2D eigenvalue weighted by molar-refractivity contribution is 0.0698. The zero-order valence-corrected chi connectivity index (χ0v) is 19.3. The maximum Gasteiger partial charge on any atom is 0.337 e. The van der Waals surface area contributed by atoms with Crippen LogP contribution in [-0.2, 0) is 6.54 Å². The molecule has 1 unspecified atom stereocenters. The zero-order valence-electron chi connectivity index (χ0n) is 19.3. The summed E-state index contributed by atoms with van der Waals surface area (Å²) in [4.78, 5) is 26.9. The Morgan fingerprint density at radius 2 is 1.85 bits per heavy atom. The van der Waals surface area contributed by atoms with Gasteiger partial charge in [0.05, 0.1) is 23.0 Å². The molecule has 0 radical (unpaired) electrons. The van der Waals surface area contributed by atoms with Gasteiger partial charge in [0.25, 0.3) is 0 Å². The molecule has 6 nitrogen and oxygen atoms in total. The number of rotatable bonds is 5. The van der Waals surface area contributed by atoms with E-state index >= 15 is 0 Å². The van der Waals surface area contributed by atoms with Crippen LogP contribution >= 0.6 is 0 Å². The fraction of sp³-hybridized carbons (Fsp3) is 0.214. The predicted molar refractivity (Wildman–Crippen MR) is 134 cm³/mol. The van der Waals surface area contributed by atoms with Gasteiger partial charge < -0.3 is 19.7 Å². The van der Waals surface area contributed by atoms with Crippen molar-refractivity contribution in [2.45, 2.75) is 39.4 Å². The number of carbonyl (C=O) groups is 1. The minimum absolute atomic E-state index is 0.0868. The molecule has 2 heterocycles. The summed E-state index contributed by atoms with van der Waals surface area (Å²) in [5.41, 5.74) is 5.32. The summed E-state index contributed by atoms with van der Waals surface area (Å²) in [6, 6.07) is 20.2. The predicted octanol–water partition coefficient (Wildman–Crippen LogP) is 6.05. The Balaban J connectivity index is 1.59. The number of hydrogen-bond acceptors (Lipinski definition) is 5. The van der Waals surface area contributed by atoms with E-state index in [-0.39, 0.29) is 23.1 Å². The van der Waals surface area contributed by atoms with Gasteiger partial charge in [-0.2, -0.15) is 0 Å². The van der Waals surface area contributed by atoms with Gasteiger partial charge in [-0.05, 0) is 55.7 Å². The van der Waals surface area contributed by atoms with Crippen molar-refractivity contribution in [3.8, 4) is 0 Å². The smallest absolute Gasteiger partial charge is 0.337 e. The highest BCUT2D eigenvalue weighted by molar-refractivity contribution is 5.94. The van der Waals surface area contributed by atoms with E-state index in [4.69, 9.17) is 4.42 Å². The number of aromatic carboxylic acids is 1. The molecule has 0 spiro atoms. The van der Waals surface area contributed by atoms with Crippen molar-refractivity contribution in [3.05, 3.63) is 105 Å². The molecule has 0 amide bonds. The molecule has 1 aromatic heterocycles. The van der Waals surface area contributed by atoms with Crippen molar-refractivity contribution >= 4 is 28.5 Å². The highest BCUT2D eigenvalue weighted by Gasteiger charge is 2.29. The molecule has 0 fully saturated rings. The van der Waals surface area contributed by atoms with Crippen LogP contribution in [0.25, 0.3) is 11.0 Å². The number of hydrogen-bond donors (Lipinski definition) is 2. The summed E-state index contributed by atoms with van der Waals surface area (Å²) < 4.78 is 6.42. The Bertz CT molecular complexity index is 1470. The third kappa shape index (κ3) is 3.71. The molecule has 0 saturated heterocycles. The summed E-state index contributed by atoms with van der Waals surface area (Å²) in [6.45, 7) is 6.66. The van der Waals surface area contributed by atoms with Gasteiger partial charge in [0.1, 0.15) is 5.58 Å². The molecule has 34 heavy (non-hydrogen) atoms. The summed E-state index contributed by atoms with van der Waals surface area (Å²) in [6.07, 6.45) is 0. The Morgan fingerprint density at radius 1 is 1.12 bits per heavy atom. The van der Waals surface area contributed by atoms with Crippen molar-refractivity contribution in [2.75, 3.05) is 10.2 Å². The first kappa shape index (κ1) is 21.8. The number of aryl methyl sites for hydroxylation is 1. The number of nitrogens with one attached hydrogen (secondary N) is 1. The van der Waals surface area contributed by atoms with Crippen LogP contribution in [0.5, 0.6) is 0 Å². The van der Waals surface area contributed by atoms with Gasteiger partial charge in [-0.1, -0.05) is 42.5 Å². The summed E-state index contributed by atoms with van der Waals surface area (Å²) in [5, 5.41) is 13.4. The van der Waals surface area contributed by atoms with E-state index in [1.165, 1.54) is 11.1 Å². The zero-order chi connectivity index (χ0) is 24.0. The molecule has 0 aliphatic carbocycles. The van der Waals surface area contributed by atoms with Crippen molar-refractivity contribution in [1.82, 2.24) is 0 Å². The quantitative estimate of drug-likeness (QED) is 0.382. The van der Waals surface area contributed by atoms with E-state index in [0.717, 1.165) is 11.1 Å². The molecule has 3 aromatic carbocycles. The molecule has 0 bridgehead atoms. The number of anilines is 2. The van der Waals surface area contributed by atoms with Crippen LogP contribution in [0.2, 0.25) is 0 Å². The fourth-order valence-electron chi connectivity index (χ4n) is 4.83. The molecule has 1 aliphatic heterocycles. The Hall–Kier alpha value is -4.06. The standard InChI is InChI=1S/C28H26N2O4/c1-16-12-22(17(2)29-24-11-7-6-10-21(24)28(32)33)27-23(13-16)25(31)14-26(34-27)30-15-19-8-4-5-9-20(19)18(30)3/h4-14,17-18,29H,15H2,1-3H3,(H,32,33)/t17?,18-/m0/s1. The van der Waals surface area contributed by atoms with E-state index in [2.05, 4.69) is 29.3 Å². The van der Waals surface area contributed by atoms with Gasteiger partial charge >= 0.3 is 5.97 Å². The molecule has 4 aromatic rings. The number of fused-ring (bicyclic) bond motifs is 2. The number of para-hydroxylation sites is 1. The first-order valence-corrected chi connectivity index (χ1v) is 11.3. The Kier molecular flexibility index (Phi) is 5.36. The van der Waals surface area contributed by atoms with Crippen LogP contribution in [0.4, 0.5) is 11.6 Å². The summed E-state index contributed by atoms with van der Waals surface area (Å²) in [5.74, 6) is -0.467. The second-order valence-electron chi connectivity index (χ2n) is 8.90. The van der Waals surface area contributed by atoms with Crippen LogP contribution in [0.1, 0.15) is 58.5 Å². The van der Waals surface area contributed by atoms with Gasteiger partial charge in [0.15, 0.2) is 5.43 Å². The van der Waals surface area contributed by atoms with Gasteiger partial charge in [0, 0.05) is 23.9 Å². The molecule has 2 atom stereocenters. The van der Waals surface area contributed by atoms with Crippen LogP contribution in [0.3, 0.4) is 0 Å². The topological polar surface area (TPSA) is 82.8 Å².